The number of carboxylic acid groups (broad SMARTS) is 1. The molecule has 0 bridgehead atoms. The van der Waals surface area contributed by atoms with Crippen molar-refractivity contribution in [2.75, 3.05) is 5.01 Å². The molecule has 2 rings (SSSR count). The maximum Gasteiger partial charge on any atom is 0.422 e. The first kappa shape index (κ1) is 12.4. The molecule has 0 saturated heterocycles. The van der Waals surface area contributed by atoms with E-state index in [1.807, 2.05) is 5.43 Å². The third-order valence-corrected chi connectivity index (χ3v) is 2.45. The van der Waals surface area contributed by atoms with Gasteiger partial charge in [0.2, 0.25) is 0 Å². The van der Waals surface area contributed by atoms with E-state index in [0.29, 0.717) is 6.08 Å². The summed E-state index contributed by atoms with van der Waals surface area (Å²) in [6.45, 7) is 0. The molecule has 0 aromatic carbocycles. The highest BCUT2D eigenvalue weighted by Crippen LogP contribution is 2.35. The van der Waals surface area contributed by atoms with E-state index in [4.69, 9.17) is 5.11 Å². The van der Waals surface area contributed by atoms with Crippen LogP contribution in [-0.4, -0.2) is 27.8 Å². The molecule has 0 saturated carbocycles. The van der Waals surface area contributed by atoms with Crippen molar-refractivity contribution in [2.45, 2.75) is 11.7 Å². The van der Waals surface area contributed by atoms with Crippen molar-refractivity contribution in [3.8, 4) is 0 Å². The highest BCUT2D eigenvalue weighted by molar-refractivity contribution is 5.84. The zero-order valence-corrected chi connectivity index (χ0v) is 8.85. The van der Waals surface area contributed by atoms with Gasteiger partial charge in [0.1, 0.15) is 5.82 Å². The van der Waals surface area contributed by atoms with Crippen molar-refractivity contribution < 1.29 is 23.1 Å². The van der Waals surface area contributed by atoms with Crippen LogP contribution in [0.2, 0.25) is 0 Å². The third-order valence-electron chi connectivity index (χ3n) is 2.45. The monoisotopic (exact) mass is 259 g/mol. The number of nitrogens with zero attached hydrogens (tertiary/aromatic N) is 2. The number of alkyl halides is 3. The van der Waals surface area contributed by atoms with Gasteiger partial charge in [-0.1, -0.05) is 6.07 Å². The largest absolute Gasteiger partial charge is 0.479 e. The van der Waals surface area contributed by atoms with Crippen LogP contribution in [-0.2, 0) is 4.79 Å². The Bertz CT molecular complexity index is 489. The van der Waals surface area contributed by atoms with Gasteiger partial charge in [-0.25, -0.2) is 9.78 Å². The normalized spacial score (nSPS) is 23.4. The number of pyridine rings is 1. The van der Waals surface area contributed by atoms with Crippen molar-refractivity contribution in [1.29, 1.82) is 0 Å². The predicted molar refractivity (Wildman–Crippen MR) is 55.4 cm³/mol. The maximum atomic E-state index is 12.8. The number of nitrogens with one attached hydrogen (secondary N) is 1. The number of hydrazine groups is 1. The Hall–Kier alpha value is -2.09. The lowest BCUT2D eigenvalue weighted by atomic mass is 10.0. The molecular formula is C10H8F3N3O2. The molecule has 1 aromatic heterocycles. The minimum atomic E-state index is -4.96. The average molecular weight is 259 g/mol. The lowest BCUT2D eigenvalue weighted by Gasteiger charge is -2.28. The molecular weight excluding hydrogens is 251 g/mol. The summed E-state index contributed by atoms with van der Waals surface area (Å²) in [6.07, 6.45) is -2.04. The van der Waals surface area contributed by atoms with Crippen LogP contribution in [0.3, 0.4) is 0 Å². The number of carbonyl (C=O) groups is 1. The first-order valence-corrected chi connectivity index (χ1v) is 4.84. The summed E-state index contributed by atoms with van der Waals surface area (Å²) in [7, 11) is 0. The molecule has 18 heavy (non-hydrogen) atoms. The molecule has 1 aliphatic heterocycles. The van der Waals surface area contributed by atoms with Gasteiger partial charge in [0, 0.05) is 12.4 Å². The Kier molecular flexibility index (Phi) is 2.74. The fourth-order valence-corrected chi connectivity index (χ4v) is 1.48. The Balaban J connectivity index is 2.32. The molecule has 96 valence electrons. The summed E-state index contributed by atoms with van der Waals surface area (Å²) in [5.74, 6) is -1.86. The molecule has 1 aliphatic rings. The van der Waals surface area contributed by atoms with Crippen molar-refractivity contribution in [2.24, 2.45) is 0 Å². The van der Waals surface area contributed by atoms with Gasteiger partial charge in [-0.2, -0.15) is 18.6 Å². The SMILES string of the molecule is O=C(O)C1(C(F)(F)F)C=CN(c2ccccn2)N1. The molecule has 8 heteroatoms. The van der Waals surface area contributed by atoms with Gasteiger partial charge in [-0.05, 0) is 18.2 Å². The van der Waals surface area contributed by atoms with Gasteiger partial charge in [-0.15, -0.1) is 0 Å². The number of aliphatic carboxylic acids is 1. The number of rotatable bonds is 2. The molecule has 5 nitrogen and oxygen atoms in total. The molecule has 0 radical (unpaired) electrons. The van der Waals surface area contributed by atoms with Crippen LogP contribution in [0.25, 0.3) is 0 Å². The molecule has 1 unspecified atom stereocenters. The summed E-state index contributed by atoms with van der Waals surface area (Å²) in [4.78, 5) is 14.7. The van der Waals surface area contributed by atoms with Gasteiger partial charge in [-0.3, -0.25) is 5.01 Å². The molecule has 0 aliphatic carbocycles. The minimum absolute atomic E-state index is 0.168. The highest BCUT2D eigenvalue weighted by Gasteiger charge is 2.62. The number of hydrogen-bond donors (Lipinski definition) is 2. The number of aromatic nitrogens is 1. The number of carboxylic acids is 1. The van der Waals surface area contributed by atoms with Gasteiger partial charge in [0.05, 0.1) is 0 Å². The Morgan fingerprint density at radius 3 is 2.61 bits per heavy atom. The van der Waals surface area contributed by atoms with Crippen LogP contribution < -0.4 is 10.4 Å². The van der Waals surface area contributed by atoms with Crippen LogP contribution in [0.1, 0.15) is 0 Å². The summed E-state index contributed by atoms with van der Waals surface area (Å²) < 4.78 is 38.4. The van der Waals surface area contributed by atoms with Crippen LogP contribution in [0.4, 0.5) is 19.0 Å². The molecule has 0 amide bonds. The van der Waals surface area contributed by atoms with Crippen LogP contribution in [0, 0.1) is 0 Å². The summed E-state index contributed by atoms with van der Waals surface area (Å²) >= 11 is 0. The van der Waals surface area contributed by atoms with E-state index in [2.05, 4.69) is 4.98 Å². The van der Waals surface area contributed by atoms with Gasteiger partial charge < -0.3 is 5.11 Å². The Morgan fingerprint density at radius 1 is 1.44 bits per heavy atom. The smallest absolute Gasteiger partial charge is 0.422 e. The van der Waals surface area contributed by atoms with E-state index in [1.54, 1.807) is 12.1 Å². The zero-order chi connectivity index (χ0) is 13.4. The van der Waals surface area contributed by atoms with Crippen molar-refractivity contribution in [3.63, 3.8) is 0 Å². The van der Waals surface area contributed by atoms with Crippen LogP contribution >= 0.6 is 0 Å². The van der Waals surface area contributed by atoms with Crippen molar-refractivity contribution >= 4 is 11.8 Å². The fourth-order valence-electron chi connectivity index (χ4n) is 1.48. The minimum Gasteiger partial charge on any atom is -0.479 e. The van der Waals surface area contributed by atoms with Gasteiger partial charge in [0.15, 0.2) is 0 Å². The second-order valence-electron chi connectivity index (χ2n) is 3.60. The Morgan fingerprint density at radius 2 is 2.17 bits per heavy atom. The Labute approximate surface area is 99.5 Å². The standard InChI is InChI=1S/C10H8F3N3O2/c11-10(12,13)9(8(17)18)4-6-16(15-9)7-3-1-2-5-14-7/h1-6,15H,(H,17,18). The number of hydrogen-bond acceptors (Lipinski definition) is 4. The second kappa shape index (κ2) is 3.98. The molecule has 1 atom stereocenters. The molecule has 0 spiro atoms. The predicted octanol–water partition coefficient (Wildman–Crippen LogP) is 1.31. The highest BCUT2D eigenvalue weighted by atomic mass is 19.4. The van der Waals surface area contributed by atoms with E-state index in [9.17, 15) is 18.0 Å². The van der Waals surface area contributed by atoms with E-state index in [1.165, 1.54) is 12.3 Å². The zero-order valence-electron chi connectivity index (χ0n) is 8.85. The van der Waals surface area contributed by atoms with E-state index in [0.717, 1.165) is 11.2 Å². The summed E-state index contributed by atoms with van der Waals surface area (Å²) in [5.41, 5.74) is -1.23. The van der Waals surface area contributed by atoms with Crippen LogP contribution in [0.15, 0.2) is 36.7 Å². The molecule has 1 aromatic rings. The fraction of sp³-hybridized carbons (Fsp3) is 0.200. The topological polar surface area (TPSA) is 65.5 Å². The number of halogens is 3. The molecule has 2 N–H and O–H groups in total. The first-order valence-electron chi connectivity index (χ1n) is 4.84. The second-order valence-corrected chi connectivity index (χ2v) is 3.60. The van der Waals surface area contributed by atoms with Crippen molar-refractivity contribution in [1.82, 2.24) is 10.4 Å². The molecule has 2 heterocycles. The van der Waals surface area contributed by atoms with Gasteiger partial charge >= 0.3 is 12.1 Å². The van der Waals surface area contributed by atoms with Gasteiger partial charge in [0.25, 0.3) is 5.54 Å². The lowest BCUT2D eigenvalue weighted by molar-refractivity contribution is -0.197. The van der Waals surface area contributed by atoms with E-state index >= 15 is 0 Å². The number of anilines is 1. The van der Waals surface area contributed by atoms with Crippen LogP contribution in [0.5, 0.6) is 0 Å². The van der Waals surface area contributed by atoms with E-state index in [-0.39, 0.29) is 5.82 Å². The first-order chi connectivity index (χ1) is 8.37. The van der Waals surface area contributed by atoms with E-state index < -0.39 is 17.7 Å². The third kappa shape index (κ3) is 1.80. The quantitative estimate of drug-likeness (QED) is 0.838. The average Bonchev–Trinajstić information content (AvgIpc) is 2.75. The summed E-state index contributed by atoms with van der Waals surface area (Å²) in [6, 6.07) is 4.62. The maximum absolute atomic E-state index is 12.8. The lowest BCUT2D eigenvalue weighted by Crippen LogP contribution is -2.61. The summed E-state index contributed by atoms with van der Waals surface area (Å²) in [5, 5.41) is 9.70. The van der Waals surface area contributed by atoms with Crippen molar-refractivity contribution in [3.05, 3.63) is 36.7 Å². The molecule has 0 fully saturated rings.